The third-order valence-corrected chi connectivity index (χ3v) is 6.53. The second-order valence-corrected chi connectivity index (χ2v) is 9.77. The van der Waals surface area contributed by atoms with E-state index in [1.807, 2.05) is 12.1 Å². The van der Waals surface area contributed by atoms with Gasteiger partial charge in [0.2, 0.25) is 5.89 Å². The molecule has 0 spiro atoms. The lowest BCUT2D eigenvalue weighted by Crippen LogP contribution is -2.34. The number of carbonyl (C=O) groups excluding carboxylic acids is 1. The lowest BCUT2D eigenvalue weighted by atomic mass is 9.93. The molecule has 1 amide bonds. The van der Waals surface area contributed by atoms with Crippen LogP contribution < -0.4 is 20.7 Å². The largest absolute Gasteiger partial charge is 0.487 e. The maximum Gasteiger partial charge on any atom is 0.277 e. The Bertz CT molecular complexity index is 1300. The average molecular weight is 473 g/mol. The van der Waals surface area contributed by atoms with Gasteiger partial charge in [-0.25, -0.2) is 9.97 Å². The van der Waals surface area contributed by atoms with Crippen LogP contribution in [0.15, 0.2) is 41.1 Å². The predicted octanol–water partition coefficient (Wildman–Crippen LogP) is 4.41. The predicted molar refractivity (Wildman–Crippen MR) is 132 cm³/mol. The summed E-state index contributed by atoms with van der Waals surface area (Å²) < 4.78 is 11.7. The molecular formula is C26H28N6O3. The van der Waals surface area contributed by atoms with E-state index < -0.39 is 0 Å². The van der Waals surface area contributed by atoms with Gasteiger partial charge in [0.25, 0.3) is 5.91 Å². The number of anilines is 3. The molecule has 5 rings (SSSR count). The number of hydrogen-bond acceptors (Lipinski definition) is 8. The van der Waals surface area contributed by atoms with Crippen molar-refractivity contribution in [3.05, 3.63) is 48.0 Å². The van der Waals surface area contributed by atoms with E-state index in [1.54, 1.807) is 18.3 Å². The van der Waals surface area contributed by atoms with Crippen molar-refractivity contribution in [1.29, 1.82) is 5.26 Å². The number of benzene rings is 1. The van der Waals surface area contributed by atoms with Crippen LogP contribution >= 0.6 is 0 Å². The summed E-state index contributed by atoms with van der Waals surface area (Å²) in [6.45, 7) is 5.74. The van der Waals surface area contributed by atoms with Gasteiger partial charge in [-0.3, -0.25) is 4.79 Å². The molecule has 9 heteroatoms. The molecule has 1 saturated heterocycles. The number of fused-ring (bicyclic) bond motifs is 1. The minimum absolute atomic E-state index is 0.172. The summed E-state index contributed by atoms with van der Waals surface area (Å²) in [7, 11) is 0. The molecule has 0 atom stereocenters. The van der Waals surface area contributed by atoms with Crippen LogP contribution in [0.4, 0.5) is 17.2 Å². The molecule has 0 aliphatic carbocycles. The maximum absolute atomic E-state index is 13.2. The van der Waals surface area contributed by atoms with Crippen molar-refractivity contribution < 1.29 is 13.9 Å². The third kappa shape index (κ3) is 4.78. The number of ether oxygens (including phenoxy) is 1. The summed E-state index contributed by atoms with van der Waals surface area (Å²) in [5.74, 6) is 1.54. The minimum Gasteiger partial charge on any atom is -0.487 e. The van der Waals surface area contributed by atoms with Gasteiger partial charge in [-0.1, -0.05) is 0 Å². The molecule has 35 heavy (non-hydrogen) atoms. The number of nitriles is 1. The summed E-state index contributed by atoms with van der Waals surface area (Å²) in [5, 5.41) is 12.1. The van der Waals surface area contributed by atoms with Gasteiger partial charge in [0.15, 0.2) is 5.69 Å². The number of oxazole rings is 1. The monoisotopic (exact) mass is 472 g/mol. The van der Waals surface area contributed by atoms with Crippen LogP contribution in [0.1, 0.15) is 49.2 Å². The Morgan fingerprint density at radius 1 is 1.31 bits per heavy atom. The average Bonchev–Trinajstić information content (AvgIpc) is 3.43. The van der Waals surface area contributed by atoms with Crippen molar-refractivity contribution in [3.8, 4) is 23.3 Å². The molecule has 0 unspecified atom stereocenters. The lowest BCUT2D eigenvalue weighted by molar-refractivity contribution is 0.102. The molecule has 180 valence electrons. The van der Waals surface area contributed by atoms with Gasteiger partial charge < -0.3 is 25.1 Å². The Kier molecular flexibility index (Phi) is 5.81. The van der Waals surface area contributed by atoms with E-state index >= 15 is 0 Å². The van der Waals surface area contributed by atoms with E-state index in [-0.39, 0.29) is 17.2 Å². The number of nitrogens with two attached hydrogens (primary N) is 1. The van der Waals surface area contributed by atoms with E-state index in [2.05, 4.69) is 40.1 Å². The van der Waals surface area contributed by atoms with E-state index in [0.717, 1.165) is 49.4 Å². The second kappa shape index (κ2) is 8.95. The molecule has 0 saturated carbocycles. The molecule has 3 aromatic rings. The van der Waals surface area contributed by atoms with Crippen molar-refractivity contribution in [1.82, 2.24) is 9.97 Å². The third-order valence-electron chi connectivity index (χ3n) is 6.53. The van der Waals surface area contributed by atoms with Crippen molar-refractivity contribution in [2.45, 2.75) is 45.1 Å². The fourth-order valence-corrected chi connectivity index (χ4v) is 4.79. The Labute approximate surface area is 203 Å². The van der Waals surface area contributed by atoms with Gasteiger partial charge in [0.05, 0.1) is 17.4 Å². The number of amides is 1. The highest BCUT2D eigenvalue weighted by Crippen LogP contribution is 2.42. The molecule has 0 bridgehead atoms. The number of rotatable bonds is 5. The first-order valence-corrected chi connectivity index (χ1v) is 11.8. The van der Waals surface area contributed by atoms with Crippen molar-refractivity contribution >= 4 is 23.1 Å². The van der Waals surface area contributed by atoms with E-state index in [4.69, 9.17) is 20.1 Å². The van der Waals surface area contributed by atoms with Crippen LogP contribution in [0.5, 0.6) is 5.75 Å². The molecule has 1 aromatic carbocycles. The lowest BCUT2D eigenvalue weighted by Gasteiger charge is -2.34. The molecule has 4 heterocycles. The van der Waals surface area contributed by atoms with Gasteiger partial charge in [0.1, 0.15) is 23.4 Å². The SMILES string of the molecule is CC1(C)Cc2cc(NC(=O)c3coc(-c4ccnc(N)c4)n3)c(N3CCC(CC#N)CC3)cc2O1. The number of nitrogens with one attached hydrogen (secondary N) is 1. The van der Waals surface area contributed by atoms with Crippen LogP contribution in [0.2, 0.25) is 0 Å². The van der Waals surface area contributed by atoms with Gasteiger partial charge in [-0.05, 0) is 50.8 Å². The van der Waals surface area contributed by atoms with E-state index in [1.165, 1.54) is 6.26 Å². The van der Waals surface area contributed by atoms with E-state index in [9.17, 15) is 4.79 Å². The standard InChI is InChI=1S/C26H28N6O3/c1-26(2)14-18-11-19(21(13-22(18)35-26)32-9-5-16(3-7-27)6-10-32)30-24(33)20-15-34-25(31-20)17-4-8-29-23(28)12-17/h4,8,11-13,15-16H,3,5-6,9-10,14H2,1-2H3,(H2,28,29)(H,30,33). The van der Waals surface area contributed by atoms with Gasteiger partial charge >= 0.3 is 0 Å². The van der Waals surface area contributed by atoms with Crippen molar-refractivity contribution in [3.63, 3.8) is 0 Å². The number of carbonyl (C=O) groups is 1. The molecule has 0 radical (unpaired) electrons. The minimum atomic E-state index is -0.360. The molecule has 2 aromatic heterocycles. The Hall–Kier alpha value is -4.06. The fourth-order valence-electron chi connectivity index (χ4n) is 4.79. The van der Waals surface area contributed by atoms with Gasteiger partial charge in [-0.2, -0.15) is 5.26 Å². The second-order valence-electron chi connectivity index (χ2n) is 9.77. The number of nitrogen functional groups attached to an aromatic ring is 1. The summed E-state index contributed by atoms with van der Waals surface area (Å²) >= 11 is 0. The summed E-state index contributed by atoms with van der Waals surface area (Å²) in [4.78, 5) is 23.7. The van der Waals surface area contributed by atoms with Crippen LogP contribution in [0.3, 0.4) is 0 Å². The first-order valence-electron chi connectivity index (χ1n) is 11.8. The summed E-state index contributed by atoms with van der Waals surface area (Å²) in [6.07, 6.45) is 6.12. The fraction of sp³-hybridized carbons (Fsp3) is 0.385. The van der Waals surface area contributed by atoms with Crippen LogP contribution in [-0.2, 0) is 6.42 Å². The van der Waals surface area contributed by atoms with Crippen molar-refractivity contribution in [2.75, 3.05) is 29.0 Å². The first-order chi connectivity index (χ1) is 16.8. The van der Waals surface area contributed by atoms with Crippen LogP contribution in [0, 0.1) is 17.2 Å². The summed E-state index contributed by atoms with van der Waals surface area (Å²) in [5.41, 5.74) is 8.96. The molecular weight excluding hydrogens is 444 g/mol. The normalized spacial score (nSPS) is 16.9. The van der Waals surface area contributed by atoms with E-state index in [0.29, 0.717) is 35.3 Å². The number of pyridine rings is 1. The molecule has 2 aliphatic heterocycles. The Morgan fingerprint density at radius 3 is 2.86 bits per heavy atom. The van der Waals surface area contributed by atoms with Crippen LogP contribution in [0.25, 0.3) is 11.5 Å². The zero-order valence-electron chi connectivity index (χ0n) is 19.9. The number of nitrogens with zero attached hydrogens (tertiary/aromatic N) is 4. The Morgan fingerprint density at radius 2 is 2.11 bits per heavy atom. The molecule has 1 fully saturated rings. The maximum atomic E-state index is 13.2. The molecule has 3 N–H and O–H groups in total. The highest BCUT2D eigenvalue weighted by molar-refractivity contribution is 6.05. The highest BCUT2D eigenvalue weighted by atomic mass is 16.5. The topological polar surface area (TPSA) is 130 Å². The number of aromatic nitrogens is 2. The first kappa shape index (κ1) is 22.7. The Balaban J connectivity index is 1.41. The smallest absolute Gasteiger partial charge is 0.277 e. The zero-order valence-corrected chi connectivity index (χ0v) is 19.9. The number of hydrogen-bond donors (Lipinski definition) is 2. The van der Waals surface area contributed by atoms with Gasteiger partial charge in [0, 0.05) is 49.3 Å². The highest BCUT2D eigenvalue weighted by Gasteiger charge is 2.33. The van der Waals surface area contributed by atoms with Crippen molar-refractivity contribution in [2.24, 2.45) is 5.92 Å². The molecule has 9 nitrogen and oxygen atoms in total. The molecule has 2 aliphatic rings. The number of piperidine rings is 1. The van der Waals surface area contributed by atoms with Crippen LogP contribution in [-0.4, -0.2) is 34.6 Å². The van der Waals surface area contributed by atoms with Gasteiger partial charge in [-0.15, -0.1) is 0 Å². The quantitative estimate of drug-likeness (QED) is 0.558. The zero-order chi connectivity index (χ0) is 24.6. The summed E-state index contributed by atoms with van der Waals surface area (Å²) in [6, 6.07) is 9.68.